The highest BCUT2D eigenvalue weighted by Crippen LogP contribution is 2.34. The van der Waals surface area contributed by atoms with Gasteiger partial charge in [0.1, 0.15) is 0 Å². The zero-order valence-corrected chi connectivity index (χ0v) is 10.1. The maximum atomic E-state index is 11.0. The molecule has 0 saturated heterocycles. The number of carbonyl (C=O) groups excluding carboxylic acids is 1. The Kier molecular flexibility index (Phi) is 2.96. The monoisotopic (exact) mass is 233 g/mol. The predicted molar refractivity (Wildman–Crippen MR) is 69.9 cm³/mol. The van der Waals surface area contributed by atoms with Crippen LogP contribution in [0.25, 0.3) is 0 Å². The van der Waals surface area contributed by atoms with Gasteiger partial charge in [0.25, 0.3) is 0 Å². The Morgan fingerprint density at radius 2 is 2.00 bits per heavy atom. The Hall–Kier alpha value is -1.71. The van der Waals surface area contributed by atoms with Crippen LogP contribution in [0.5, 0.6) is 0 Å². The number of amides is 1. The van der Waals surface area contributed by atoms with Crippen LogP contribution < -0.4 is 16.8 Å². The van der Waals surface area contributed by atoms with Gasteiger partial charge < -0.3 is 16.8 Å². The molecule has 17 heavy (non-hydrogen) atoms. The fourth-order valence-corrected chi connectivity index (χ4v) is 2.44. The van der Waals surface area contributed by atoms with Crippen molar-refractivity contribution in [3.63, 3.8) is 0 Å². The van der Waals surface area contributed by atoms with Crippen molar-refractivity contribution in [3.8, 4) is 0 Å². The molecule has 0 bridgehead atoms. The Labute approximate surface area is 101 Å². The molecule has 1 fully saturated rings. The summed E-state index contributed by atoms with van der Waals surface area (Å²) >= 11 is 0. The summed E-state index contributed by atoms with van der Waals surface area (Å²) in [5, 5.41) is 3.47. The summed E-state index contributed by atoms with van der Waals surface area (Å²) in [7, 11) is 0. The summed E-state index contributed by atoms with van der Waals surface area (Å²) in [4.78, 5) is 11.0. The van der Waals surface area contributed by atoms with Gasteiger partial charge in [-0.25, -0.2) is 0 Å². The van der Waals surface area contributed by atoms with Gasteiger partial charge in [0.2, 0.25) is 5.91 Å². The van der Waals surface area contributed by atoms with Gasteiger partial charge in [-0.1, -0.05) is 12.8 Å². The minimum Gasteiger partial charge on any atom is -0.397 e. The van der Waals surface area contributed by atoms with E-state index < -0.39 is 5.91 Å². The van der Waals surface area contributed by atoms with Crippen LogP contribution in [0.15, 0.2) is 18.2 Å². The van der Waals surface area contributed by atoms with Crippen LogP contribution in [0.4, 0.5) is 11.4 Å². The minimum atomic E-state index is -0.449. The van der Waals surface area contributed by atoms with E-state index in [4.69, 9.17) is 11.5 Å². The molecule has 1 aromatic carbocycles. The SMILES string of the molecule is CC1(Nc2ccc(C(N)=O)cc2N)CCCC1. The predicted octanol–water partition coefficient (Wildman–Crippen LogP) is 2.11. The van der Waals surface area contributed by atoms with E-state index in [2.05, 4.69) is 12.2 Å². The molecule has 0 heterocycles. The molecule has 1 aliphatic carbocycles. The second kappa shape index (κ2) is 4.28. The fourth-order valence-electron chi connectivity index (χ4n) is 2.44. The first-order valence-electron chi connectivity index (χ1n) is 5.98. The zero-order valence-electron chi connectivity index (χ0n) is 10.1. The normalized spacial score (nSPS) is 17.9. The molecule has 0 spiro atoms. The van der Waals surface area contributed by atoms with E-state index in [1.54, 1.807) is 12.1 Å². The molecule has 0 atom stereocenters. The molecule has 0 unspecified atom stereocenters. The summed E-state index contributed by atoms with van der Waals surface area (Å²) in [5.74, 6) is -0.449. The number of nitrogens with one attached hydrogen (secondary N) is 1. The molecular weight excluding hydrogens is 214 g/mol. The first kappa shape index (κ1) is 11.8. The van der Waals surface area contributed by atoms with E-state index in [0.29, 0.717) is 11.3 Å². The van der Waals surface area contributed by atoms with Gasteiger partial charge in [0, 0.05) is 11.1 Å². The summed E-state index contributed by atoms with van der Waals surface area (Å²) in [5.41, 5.74) is 13.2. The lowest BCUT2D eigenvalue weighted by Crippen LogP contribution is -2.31. The largest absolute Gasteiger partial charge is 0.397 e. The van der Waals surface area contributed by atoms with E-state index in [1.165, 1.54) is 12.8 Å². The highest BCUT2D eigenvalue weighted by atomic mass is 16.1. The third-order valence-corrected chi connectivity index (χ3v) is 3.48. The Morgan fingerprint density at radius 1 is 1.35 bits per heavy atom. The van der Waals surface area contributed by atoms with Gasteiger partial charge in [-0.2, -0.15) is 0 Å². The van der Waals surface area contributed by atoms with Crippen LogP contribution >= 0.6 is 0 Å². The van der Waals surface area contributed by atoms with Gasteiger partial charge >= 0.3 is 0 Å². The van der Waals surface area contributed by atoms with Crippen molar-refractivity contribution < 1.29 is 4.79 Å². The van der Waals surface area contributed by atoms with E-state index in [9.17, 15) is 4.79 Å². The number of rotatable bonds is 3. The van der Waals surface area contributed by atoms with E-state index in [1.807, 2.05) is 6.07 Å². The van der Waals surface area contributed by atoms with Crippen molar-refractivity contribution in [2.24, 2.45) is 5.73 Å². The maximum absolute atomic E-state index is 11.0. The number of benzene rings is 1. The van der Waals surface area contributed by atoms with Crippen molar-refractivity contribution in [1.29, 1.82) is 0 Å². The number of carbonyl (C=O) groups is 1. The minimum absolute atomic E-state index is 0.127. The van der Waals surface area contributed by atoms with Crippen LogP contribution in [0.1, 0.15) is 43.0 Å². The number of hydrogen-bond donors (Lipinski definition) is 3. The molecule has 4 heteroatoms. The van der Waals surface area contributed by atoms with Gasteiger partial charge in [-0.3, -0.25) is 4.79 Å². The molecular formula is C13H19N3O. The Morgan fingerprint density at radius 3 is 2.53 bits per heavy atom. The van der Waals surface area contributed by atoms with Crippen LogP contribution in [-0.4, -0.2) is 11.4 Å². The van der Waals surface area contributed by atoms with Crippen LogP contribution in [-0.2, 0) is 0 Å². The van der Waals surface area contributed by atoms with Gasteiger partial charge in [0.05, 0.1) is 11.4 Å². The van der Waals surface area contributed by atoms with Crippen LogP contribution in [0, 0.1) is 0 Å². The second-order valence-corrected chi connectivity index (χ2v) is 5.06. The van der Waals surface area contributed by atoms with Gasteiger partial charge in [-0.05, 0) is 38.0 Å². The lowest BCUT2D eigenvalue weighted by molar-refractivity contribution is 0.100. The quantitative estimate of drug-likeness (QED) is 0.699. The van der Waals surface area contributed by atoms with Crippen molar-refractivity contribution in [1.82, 2.24) is 0 Å². The highest BCUT2D eigenvalue weighted by Gasteiger charge is 2.28. The molecule has 1 aliphatic rings. The molecule has 0 aromatic heterocycles. The average molecular weight is 233 g/mol. The smallest absolute Gasteiger partial charge is 0.248 e. The lowest BCUT2D eigenvalue weighted by Gasteiger charge is -2.27. The molecule has 0 aliphatic heterocycles. The van der Waals surface area contributed by atoms with Gasteiger partial charge in [-0.15, -0.1) is 0 Å². The standard InChI is InChI=1S/C13H19N3O/c1-13(6-2-3-7-13)16-11-5-4-9(12(15)17)8-10(11)14/h4-5,8,16H,2-3,6-7,14H2,1H3,(H2,15,17). The van der Waals surface area contributed by atoms with Crippen LogP contribution in [0.3, 0.4) is 0 Å². The van der Waals surface area contributed by atoms with Crippen LogP contribution in [0.2, 0.25) is 0 Å². The average Bonchev–Trinajstić information content (AvgIpc) is 2.68. The third kappa shape index (κ3) is 2.52. The second-order valence-electron chi connectivity index (χ2n) is 5.06. The Balaban J connectivity index is 2.19. The molecule has 5 N–H and O–H groups in total. The zero-order chi connectivity index (χ0) is 12.5. The van der Waals surface area contributed by atoms with Crippen molar-refractivity contribution in [2.45, 2.75) is 38.1 Å². The van der Waals surface area contributed by atoms with E-state index in [0.717, 1.165) is 18.5 Å². The molecule has 1 amide bonds. The molecule has 92 valence electrons. The van der Waals surface area contributed by atoms with Crippen molar-refractivity contribution in [2.75, 3.05) is 11.1 Å². The molecule has 4 nitrogen and oxygen atoms in total. The van der Waals surface area contributed by atoms with Crippen molar-refractivity contribution in [3.05, 3.63) is 23.8 Å². The first-order chi connectivity index (χ1) is 8.00. The summed E-state index contributed by atoms with van der Waals surface area (Å²) in [6.45, 7) is 2.21. The highest BCUT2D eigenvalue weighted by molar-refractivity contribution is 5.94. The molecule has 1 saturated carbocycles. The summed E-state index contributed by atoms with van der Waals surface area (Å²) < 4.78 is 0. The summed E-state index contributed by atoms with van der Waals surface area (Å²) in [6, 6.07) is 5.17. The molecule has 0 radical (unpaired) electrons. The number of nitrogen functional groups attached to an aromatic ring is 1. The van der Waals surface area contributed by atoms with Gasteiger partial charge in [0.15, 0.2) is 0 Å². The molecule has 1 aromatic rings. The fraction of sp³-hybridized carbons (Fsp3) is 0.462. The van der Waals surface area contributed by atoms with E-state index in [-0.39, 0.29) is 5.54 Å². The summed E-state index contributed by atoms with van der Waals surface area (Å²) in [6.07, 6.45) is 4.82. The number of nitrogens with two attached hydrogens (primary N) is 2. The lowest BCUT2D eigenvalue weighted by atomic mass is 9.99. The number of hydrogen-bond acceptors (Lipinski definition) is 3. The Bertz CT molecular complexity index is 436. The number of primary amides is 1. The van der Waals surface area contributed by atoms with Crippen molar-refractivity contribution >= 4 is 17.3 Å². The third-order valence-electron chi connectivity index (χ3n) is 3.48. The van der Waals surface area contributed by atoms with E-state index >= 15 is 0 Å². The maximum Gasteiger partial charge on any atom is 0.248 e. The molecule has 2 rings (SSSR count). The number of anilines is 2. The topological polar surface area (TPSA) is 81.1 Å². The first-order valence-corrected chi connectivity index (χ1v) is 5.98.